The van der Waals surface area contributed by atoms with Crippen LogP contribution in [0.3, 0.4) is 0 Å². The first-order valence-corrected chi connectivity index (χ1v) is 18.1. The van der Waals surface area contributed by atoms with E-state index in [0.29, 0.717) is 0 Å². The van der Waals surface area contributed by atoms with Crippen molar-refractivity contribution in [3.8, 4) is 62.0 Å². The third-order valence-electron chi connectivity index (χ3n) is 10.0. The molecule has 0 spiro atoms. The molecule has 8 rings (SSSR count). The highest BCUT2D eigenvalue weighted by atomic mass is 16.3. The number of aromatic nitrogens is 5. The molecule has 3 heterocycles. The van der Waals surface area contributed by atoms with Crippen molar-refractivity contribution in [3.63, 3.8) is 0 Å². The largest absolute Gasteiger partial charge is 0.507 e. The summed E-state index contributed by atoms with van der Waals surface area (Å²) in [6, 6.07) is 44.6. The highest BCUT2D eigenvalue weighted by molar-refractivity contribution is 5.87. The molecule has 0 aliphatic carbocycles. The Hall–Kier alpha value is -6.53. The lowest BCUT2D eigenvalue weighted by Gasteiger charge is -2.16. The molecular formula is C47H41N5O. The number of hydrogen-bond donors (Lipinski definition) is 1. The number of rotatable bonds is 11. The highest BCUT2D eigenvalue weighted by Crippen LogP contribution is 2.39. The monoisotopic (exact) mass is 691 g/mol. The van der Waals surface area contributed by atoms with Crippen molar-refractivity contribution < 1.29 is 5.11 Å². The molecule has 0 aliphatic rings. The Kier molecular flexibility index (Phi) is 9.50. The Morgan fingerprint density at radius 2 is 0.962 bits per heavy atom. The van der Waals surface area contributed by atoms with Crippen molar-refractivity contribution >= 4 is 0 Å². The molecule has 53 heavy (non-hydrogen) atoms. The summed E-state index contributed by atoms with van der Waals surface area (Å²) in [5, 5.41) is 11.4. The number of pyridine rings is 1. The van der Waals surface area contributed by atoms with Crippen LogP contribution in [-0.4, -0.2) is 29.2 Å². The Labute approximate surface area is 310 Å². The lowest BCUT2D eigenvalue weighted by atomic mass is 9.89. The van der Waals surface area contributed by atoms with Crippen molar-refractivity contribution in [2.75, 3.05) is 0 Å². The van der Waals surface area contributed by atoms with Crippen LogP contribution in [0.2, 0.25) is 0 Å². The topological polar surface area (TPSA) is 68.8 Å². The fourth-order valence-corrected chi connectivity index (χ4v) is 7.13. The Morgan fingerprint density at radius 3 is 1.47 bits per heavy atom. The van der Waals surface area contributed by atoms with E-state index >= 15 is 0 Å². The second kappa shape index (κ2) is 15.0. The molecule has 0 amide bonds. The third-order valence-corrected chi connectivity index (χ3v) is 10.0. The van der Waals surface area contributed by atoms with Crippen LogP contribution in [0.25, 0.3) is 56.3 Å². The molecule has 0 saturated carbocycles. The molecule has 5 aromatic carbocycles. The van der Waals surface area contributed by atoms with Crippen LogP contribution in [0.15, 0.2) is 158 Å². The summed E-state index contributed by atoms with van der Waals surface area (Å²) >= 11 is 0. The molecule has 6 heteroatoms. The Balaban J connectivity index is 1.09. The number of aromatic hydroxyl groups is 1. The van der Waals surface area contributed by atoms with Gasteiger partial charge in [-0.2, -0.15) is 0 Å². The van der Waals surface area contributed by atoms with Gasteiger partial charge in [-0.1, -0.05) is 103 Å². The van der Waals surface area contributed by atoms with Crippen molar-refractivity contribution in [1.82, 2.24) is 24.1 Å². The normalized spacial score (nSPS) is 11.2. The summed E-state index contributed by atoms with van der Waals surface area (Å²) < 4.78 is 4.09. The SMILES string of the molecule is Cn1ccnc1-c1ccc(CCc2cc(CCc3ccc(-c4nccn4C)cc3)cc(-c3ccccc3-c3ccc(-c4ccccn4)cc3O)c2)cc1. The van der Waals surface area contributed by atoms with Crippen LogP contribution < -0.4 is 0 Å². The van der Waals surface area contributed by atoms with Gasteiger partial charge in [0, 0.05) is 67.3 Å². The van der Waals surface area contributed by atoms with Gasteiger partial charge in [-0.15, -0.1) is 0 Å². The Morgan fingerprint density at radius 1 is 0.434 bits per heavy atom. The zero-order chi connectivity index (χ0) is 36.1. The first-order chi connectivity index (χ1) is 26.0. The molecule has 0 bridgehead atoms. The molecule has 0 atom stereocenters. The van der Waals surface area contributed by atoms with Crippen molar-refractivity contribution in [2.24, 2.45) is 14.1 Å². The van der Waals surface area contributed by atoms with E-state index in [1.54, 1.807) is 6.20 Å². The minimum atomic E-state index is 0.236. The van der Waals surface area contributed by atoms with E-state index in [0.717, 1.165) is 82.0 Å². The smallest absolute Gasteiger partial charge is 0.139 e. The molecule has 0 saturated heterocycles. The average Bonchev–Trinajstić information content (AvgIpc) is 3.84. The zero-order valence-corrected chi connectivity index (χ0v) is 30.0. The van der Waals surface area contributed by atoms with Crippen LogP contribution >= 0.6 is 0 Å². The highest BCUT2D eigenvalue weighted by Gasteiger charge is 2.15. The quantitative estimate of drug-likeness (QED) is 0.147. The number of hydrogen-bond acceptors (Lipinski definition) is 4. The lowest BCUT2D eigenvalue weighted by molar-refractivity contribution is 0.477. The molecule has 3 aromatic heterocycles. The van der Waals surface area contributed by atoms with Gasteiger partial charge in [0.15, 0.2) is 0 Å². The summed E-state index contributed by atoms with van der Waals surface area (Å²) in [5.74, 6) is 2.17. The summed E-state index contributed by atoms with van der Waals surface area (Å²) in [6.07, 6.45) is 13.1. The molecule has 1 N–H and O–H groups in total. The first kappa shape index (κ1) is 33.6. The number of phenolic OH excluding ortho intramolecular Hbond substituents is 1. The summed E-state index contributed by atoms with van der Waals surface area (Å²) in [7, 11) is 4.05. The maximum atomic E-state index is 11.4. The second-order valence-corrected chi connectivity index (χ2v) is 13.6. The van der Waals surface area contributed by atoms with Gasteiger partial charge in [0.2, 0.25) is 0 Å². The molecular weight excluding hydrogens is 651 g/mol. The zero-order valence-electron chi connectivity index (χ0n) is 30.0. The van der Waals surface area contributed by atoms with Crippen LogP contribution in [0.1, 0.15) is 22.3 Å². The van der Waals surface area contributed by atoms with Gasteiger partial charge >= 0.3 is 0 Å². The maximum absolute atomic E-state index is 11.4. The predicted molar refractivity (Wildman–Crippen MR) is 214 cm³/mol. The average molecular weight is 692 g/mol. The van der Waals surface area contributed by atoms with Gasteiger partial charge < -0.3 is 14.2 Å². The van der Waals surface area contributed by atoms with Crippen molar-refractivity contribution in [2.45, 2.75) is 25.7 Å². The van der Waals surface area contributed by atoms with E-state index < -0.39 is 0 Å². The molecule has 0 unspecified atom stereocenters. The minimum Gasteiger partial charge on any atom is -0.507 e. The maximum Gasteiger partial charge on any atom is 0.139 e. The van der Waals surface area contributed by atoms with Gasteiger partial charge in [0.25, 0.3) is 0 Å². The van der Waals surface area contributed by atoms with Crippen molar-refractivity contribution in [1.29, 1.82) is 0 Å². The van der Waals surface area contributed by atoms with Gasteiger partial charge in [0.1, 0.15) is 17.4 Å². The number of imidazole rings is 2. The van der Waals surface area contributed by atoms with Crippen LogP contribution in [0, 0.1) is 0 Å². The molecule has 0 radical (unpaired) electrons. The second-order valence-electron chi connectivity index (χ2n) is 13.6. The van der Waals surface area contributed by atoms with E-state index in [1.807, 2.05) is 90.5 Å². The third kappa shape index (κ3) is 7.44. The van der Waals surface area contributed by atoms with Gasteiger partial charge in [-0.05, 0) is 88.9 Å². The fourth-order valence-electron chi connectivity index (χ4n) is 7.13. The van der Waals surface area contributed by atoms with Crippen molar-refractivity contribution in [3.05, 3.63) is 181 Å². The predicted octanol–water partition coefficient (Wildman–Crippen LogP) is 10.2. The van der Waals surface area contributed by atoms with Gasteiger partial charge in [-0.3, -0.25) is 4.98 Å². The lowest BCUT2D eigenvalue weighted by Crippen LogP contribution is -1.98. The summed E-state index contributed by atoms with van der Waals surface area (Å²) in [6.45, 7) is 0. The molecule has 6 nitrogen and oxygen atoms in total. The van der Waals surface area contributed by atoms with E-state index in [2.05, 4.69) is 99.9 Å². The van der Waals surface area contributed by atoms with E-state index in [4.69, 9.17) is 0 Å². The Bertz CT molecular complexity index is 2370. The molecule has 8 aromatic rings. The van der Waals surface area contributed by atoms with Gasteiger partial charge in [-0.25, -0.2) is 9.97 Å². The van der Waals surface area contributed by atoms with Gasteiger partial charge in [0.05, 0.1) is 5.69 Å². The number of nitrogens with zero attached hydrogens (tertiary/aromatic N) is 5. The van der Waals surface area contributed by atoms with E-state index in [-0.39, 0.29) is 5.75 Å². The molecule has 0 fully saturated rings. The number of phenols is 1. The van der Waals surface area contributed by atoms with E-state index in [9.17, 15) is 5.11 Å². The number of aryl methyl sites for hydroxylation is 6. The number of benzene rings is 5. The minimum absolute atomic E-state index is 0.236. The van der Waals surface area contributed by atoms with Crippen LogP contribution in [-0.2, 0) is 39.8 Å². The van der Waals surface area contributed by atoms with E-state index in [1.165, 1.54) is 22.3 Å². The van der Waals surface area contributed by atoms with Crippen LogP contribution in [0.5, 0.6) is 5.75 Å². The first-order valence-electron chi connectivity index (χ1n) is 18.1. The molecule has 260 valence electrons. The molecule has 0 aliphatic heterocycles. The van der Waals surface area contributed by atoms with Crippen LogP contribution in [0.4, 0.5) is 0 Å². The fraction of sp³-hybridized carbons (Fsp3) is 0.128. The summed E-state index contributed by atoms with van der Waals surface area (Å²) in [5.41, 5.74) is 13.2. The standard InChI is InChI=1S/C47H41N5O/c1-51-27-25-49-46(51)37-18-14-33(15-19-37)10-12-35-29-36(13-11-34-16-20-38(21-17-34)47-50-26-28-52(47)2)31-40(30-35)41-7-3-4-8-42(41)43-23-22-39(32-45(43)53)44-9-5-6-24-48-44/h3-9,14-32,53H,10-13H2,1-2H3. The summed E-state index contributed by atoms with van der Waals surface area (Å²) in [4.78, 5) is 13.5.